The zero-order valence-electron chi connectivity index (χ0n) is 14.7. The van der Waals surface area contributed by atoms with Crippen molar-refractivity contribution in [2.75, 3.05) is 38.7 Å². The molecular formula is C20H27NO3S. The molecule has 25 heavy (non-hydrogen) atoms. The first kappa shape index (κ1) is 17.4. The number of hydrogen-bond donors (Lipinski definition) is 0. The lowest BCUT2D eigenvalue weighted by Crippen LogP contribution is -2.61. The lowest BCUT2D eigenvalue weighted by molar-refractivity contribution is -0.136. The van der Waals surface area contributed by atoms with Crippen molar-refractivity contribution < 1.29 is 14.3 Å². The fourth-order valence-electron chi connectivity index (χ4n) is 4.02. The molecule has 0 saturated carbocycles. The topological polar surface area (TPSA) is 38.8 Å². The van der Waals surface area contributed by atoms with Gasteiger partial charge in [-0.05, 0) is 30.7 Å². The van der Waals surface area contributed by atoms with Crippen LogP contribution in [0.5, 0.6) is 0 Å². The second kappa shape index (κ2) is 7.68. The lowest BCUT2D eigenvalue weighted by Gasteiger charge is -2.47. The van der Waals surface area contributed by atoms with Crippen molar-refractivity contribution in [3.05, 3.63) is 35.9 Å². The number of carbonyl (C=O) groups excluding carboxylic acids is 1. The van der Waals surface area contributed by atoms with Gasteiger partial charge in [-0.25, -0.2) is 0 Å². The maximum atomic E-state index is 12.4. The molecule has 4 rings (SSSR count). The van der Waals surface area contributed by atoms with Gasteiger partial charge in [-0.3, -0.25) is 4.79 Å². The molecular weight excluding hydrogens is 334 g/mol. The molecule has 1 atom stereocenters. The highest BCUT2D eigenvalue weighted by Crippen LogP contribution is 2.46. The summed E-state index contributed by atoms with van der Waals surface area (Å²) >= 11 is 2.01. The highest BCUT2D eigenvalue weighted by Gasteiger charge is 2.50. The van der Waals surface area contributed by atoms with E-state index in [-0.39, 0.29) is 10.7 Å². The molecule has 1 aromatic carbocycles. The van der Waals surface area contributed by atoms with E-state index in [0.717, 1.165) is 63.5 Å². The second-order valence-corrected chi connectivity index (χ2v) is 9.11. The number of nitrogens with zero attached hydrogens (tertiary/aromatic N) is 1. The van der Waals surface area contributed by atoms with Gasteiger partial charge in [0.15, 0.2) is 0 Å². The lowest BCUT2D eigenvalue weighted by atomic mass is 9.92. The van der Waals surface area contributed by atoms with Crippen LogP contribution in [0.2, 0.25) is 0 Å². The predicted molar refractivity (Wildman–Crippen MR) is 99.8 cm³/mol. The van der Waals surface area contributed by atoms with Crippen LogP contribution in [-0.4, -0.2) is 60.3 Å². The van der Waals surface area contributed by atoms with Gasteiger partial charge in [0.1, 0.15) is 0 Å². The summed E-state index contributed by atoms with van der Waals surface area (Å²) in [4.78, 5) is 14.4. The minimum Gasteiger partial charge on any atom is -0.381 e. The Morgan fingerprint density at radius 1 is 1.24 bits per heavy atom. The van der Waals surface area contributed by atoms with Crippen LogP contribution in [0, 0.1) is 5.92 Å². The molecule has 0 N–H and O–H groups in total. The Hall–Kier alpha value is -1.04. The van der Waals surface area contributed by atoms with Crippen LogP contribution in [0.4, 0.5) is 0 Å². The average Bonchev–Trinajstić information content (AvgIpc) is 3.05. The van der Waals surface area contributed by atoms with Crippen molar-refractivity contribution in [2.45, 2.75) is 36.5 Å². The van der Waals surface area contributed by atoms with E-state index in [1.54, 1.807) is 0 Å². The first-order chi connectivity index (χ1) is 12.2. The Labute approximate surface area is 154 Å². The number of rotatable bonds is 5. The van der Waals surface area contributed by atoms with Gasteiger partial charge in [0, 0.05) is 38.7 Å². The maximum Gasteiger partial charge on any atom is 0.227 e. The molecule has 5 heteroatoms. The minimum absolute atomic E-state index is 0.254. The van der Waals surface area contributed by atoms with Gasteiger partial charge >= 0.3 is 0 Å². The molecule has 1 spiro atoms. The molecule has 4 nitrogen and oxygen atoms in total. The van der Waals surface area contributed by atoms with Crippen LogP contribution >= 0.6 is 11.8 Å². The number of likely N-dealkylation sites (tertiary alicyclic amines) is 1. The number of amides is 1. The molecule has 1 amide bonds. The molecule has 3 aliphatic rings. The van der Waals surface area contributed by atoms with E-state index < -0.39 is 0 Å². The standard InChI is InChI=1S/C20H27NO3S/c22-19(10-16-4-2-1-3-5-16)21-14-20(15-21)11-18(13-25-20)24-12-17-6-8-23-9-7-17/h1-5,17-18H,6-15H2/t18-/m0/s1. The summed E-state index contributed by atoms with van der Waals surface area (Å²) in [6, 6.07) is 10.0. The Balaban J connectivity index is 1.20. The smallest absolute Gasteiger partial charge is 0.227 e. The zero-order chi connectivity index (χ0) is 17.1. The van der Waals surface area contributed by atoms with Crippen molar-refractivity contribution in [1.82, 2.24) is 4.90 Å². The molecule has 0 aliphatic carbocycles. The van der Waals surface area contributed by atoms with Gasteiger partial charge in [0.25, 0.3) is 0 Å². The fourth-order valence-corrected chi connectivity index (χ4v) is 5.57. The van der Waals surface area contributed by atoms with E-state index >= 15 is 0 Å². The van der Waals surface area contributed by atoms with Crippen molar-refractivity contribution in [3.8, 4) is 0 Å². The molecule has 3 saturated heterocycles. The number of thioether (sulfide) groups is 1. The molecule has 3 aliphatic heterocycles. The van der Waals surface area contributed by atoms with Crippen molar-refractivity contribution in [2.24, 2.45) is 5.92 Å². The van der Waals surface area contributed by atoms with E-state index in [4.69, 9.17) is 9.47 Å². The fraction of sp³-hybridized carbons (Fsp3) is 0.650. The SMILES string of the molecule is O=C(Cc1ccccc1)N1CC2(C[C@H](OCC3CCOCC3)CS2)C1. The van der Waals surface area contributed by atoms with Gasteiger partial charge in [0.2, 0.25) is 5.91 Å². The van der Waals surface area contributed by atoms with Crippen molar-refractivity contribution in [1.29, 1.82) is 0 Å². The average molecular weight is 362 g/mol. The van der Waals surface area contributed by atoms with Crippen molar-refractivity contribution >= 4 is 17.7 Å². The minimum atomic E-state index is 0.254. The predicted octanol–water partition coefficient (Wildman–Crippen LogP) is 2.76. The van der Waals surface area contributed by atoms with Gasteiger partial charge in [-0.1, -0.05) is 30.3 Å². The number of carbonyl (C=O) groups is 1. The van der Waals surface area contributed by atoms with Gasteiger partial charge in [-0.15, -0.1) is 11.8 Å². The molecule has 3 fully saturated rings. The second-order valence-electron chi connectivity index (χ2n) is 7.62. The maximum absolute atomic E-state index is 12.4. The third-order valence-electron chi connectivity index (χ3n) is 5.59. The highest BCUT2D eigenvalue weighted by molar-refractivity contribution is 8.01. The third-order valence-corrected chi connectivity index (χ3v) is 7.17. The molecule has 0 unspecified atom stereocenters. The quantitative estimate of drug-likeness (QED) is 0.808. The van der Waals surface area contributed by atoms with Gasteiger partial charge in [0.05, 0.1) is 17.3 Å². The van der Waals surface area contributed by atoms with Crippen LogP contribution in [0.1, 0.15) is 24.8 Å². The monoisotopic (exact) mass is 361 g/mol. The van der Waals surface area contributed by atoms with E-state index in [1.165, 1.54) is 0 Å². The summed E-state index contributed by atoms with van der Waals surface area (Å²) in [6.45, 7) is 4.42. The van der Waals surface area contributed by atoms with E-state index in [2.05, 4.69) is 0 Å². The van der Waals surface area contributed by atoms with Crippen LogP contribution in [0.15, 0.2) is 30.3 Å². The molecule has 0 radical (unpaired) electrons. The largest absolute Gasteiger partial charge is 0.381 e. The molecule has 0 bridgehead atoms. The van der Waals surface area contributed by atoms with E-state index in [0.29, 0.717) is 18.4 Å². The van der Waals surface area contributed by atoms with Crippen LogP contribution in [0.25, 0.3) is 0 Å². The Kier molecular flexibility index (Phi) is 5.34. The number of benzene rings is 1. The molecule has 136 valence electrons. The molecule has 1 aromatic rings. The molecule has 0 aromatic heterocycles. The summed E-state index contributed by atoms with van der Waals surface area (Å²) in [6.07, 6.45) is 4.24. The zero-order valence-corrected chi connectivity index (χ0v) is 15.5. The van der Waals surface area contributed by atoms with Crippen molar-refractivity contribution in [3.63, 3.8) is 0 Å². The number of hydrogen-bond acceptors (Lipinski definition) is 4. The van der Waals surface area contributed by atoms with Crippen LogP contribution in [0.3, 0.4) is 0 Å². The van der Waals surface area contributed by atoms with E-state index in [9.17, 15) is 4.79 Å². The van der Waals surface area contributed by atoms with Gasteiger partial charge in [-0.2, -0.15) is 0 Å². The summed E-state index contributed by atoms with van der Waals surface area (Å²) < 4.78 is 11.9. The molecule has 3 heterocycles. The summed E-state index contributed by atoms with van der Waals surface area (Å²) in [7, 11) is 0. The first-order valence-corrected chi connectivity index (χ1v) is 10.4. The van der Waals surface area contributed by atoms with Crippen LogP contribution in [-0.2, 0) is 20.7 Å². The summed E-state index contributed by atoms with van der Waals surface area (Å²) in [5, 5.41) is 0. The van der Waals surface area contributed by atoms with Crippen LogP contribution < -0.4 is 0 Å². The highest BCUT2D eigenvalue weighted by atomic mass is 32.2. The number of ether oxygens (including phenoxy) is 2. The summed E-state index contributed by atoms with van der Waals surface area (Å²) in [5.74, 6) is 1.99. The Morgan fingerprint density at radius 2 is 2.00 bits per heavy atom. The normalized spacial score (nSPS) is 25.9. The summed E-state index contributed by atoms with van der Waals surface area (Å²) in [5.41, 5.74) is 1.10. The first-order valence-electron chi connectivity index (χ1n) is 9.37. The Morgan fingerprint density at radius 3 is 2.76 bits per heavy atom. The third kappa shape index (κ3) is 4.21. The Bertz CT molecular complexity index is 582. The van der Waals surface area contributed by atoms with E-state index in [1.807, 2.05) is 47.0 Å². The van der Waals surface area contributed by atoms with Gasteiger partial charge < -0.3 is 14.4 Å².